The van der Waals surface area contributed by atoms with Crippen LogP contribution in [-0.2, 0) is 0 Å². The van der Waals surface area contributed by atoms with Gasteiger partial charge in [-0.15, -0.1) is 0 Å². The molecule has 2 aromatic carbocycles. The molecule has 25 heavy (non-hydrogen) atoms. The average Bonchev–Trinajstić information content (AvgIpc) is 2.56. The van der Waals surface area contributed by atoms with E-state index in [4.69, 9.17) is 0 Å². The third-order valence-electron chi connectivity index (χ3n) is 4.31. The third kappa shape index (κ3) is 4.07. The number of urea groups is 1. The van der Waals surface area contributed by atoms with Crippen molar-refractivity contribution in [2.24, 2.45) is 0 Å². The summed E-state index contributed by atoms with van der Waals surface area (Å²) in [5, 5.41) is 2.51. The van der Waals surface area contributed by atoms with Gasteiger partial charge in [0.15, 0.2) is 0 Å². The van der Waals surface area contributed by atoms with Crippen LogP contribution in [0.4, 0.5) is 25.0 Å². The summed E-state index contributed by atoms with van der Waals surface area (Å²) in [6, 6.07) is 9.14. The molecule has 1 heterocycles. The smallest absolute Gasteiger partial charge is 0.322 e. The number of amides is 2. The monoisotopic (exact) mass is 345 g/mol. The largest absolute Gasteiger partial charge is 0.368 e. The van der Waals surface area contributed by atoms with E-state index in [2.05, 4.69) is 42.3 Å². The topological polar surface area (TPSA) is 35.6 Å². The van der Waals surface area contributed by atoms with Crippen molar-refractivity contribution >= 4 is 17.4 Å². The summed E-state index contributed by atoms with van der Waals surface area (Å²) in [6.07, 6.45) is 0. The van der Waals surface area contributed by atoms with Crippen molar-refractivity contribution in [1.29, 1.82) is 0 Å². The first kappa shape index (κ1) is 17.2. The third-order valence-corrected chi connectivity index (χ3v) is 4.31. The number of rotatable bonds is 2. The van der Waals surface area contributed by atoms with Gasteiger partial charge in [0.2, 0.25) is 0 Å². The van der Waals surface area contributed by atoms with Gasteiger partial charge in [-0.2, -0.15) is 0 Å². The quantitative estimate of drug-likeness (QED) is 0.895. The molecule has 0 radical (unpaired) electrons. The van der Waals surface area contributed by atoms with E-state index in [0.717, 1.165) is 17.8 Å². The highest BCUT2D eigenvalue weighted by atomic mass is 19.1. The lowest BCUT2D eigenvalue weighted by Crippen LogP contribution is -2.50. The number of benzene rings is 2. The summed E-state index contributed by atoms with van der Waals surface area (Å²) < 4.78 is 26.6. The Morgan fingerprint density at radius 2 is 1.60 bits per heavy atom. The second-order valence-electron chi connectivity index (χ2n) is 6.37. The van der Waals surface area contributed by atoms with E-state index in [1.807, 2.05) is 0 Å². The molecule has 2 amide bonds. The number of halogens is 2. The number of hydrogen-bond donors (Lipinski definition) is 1. The van der Waals surface area contributed by atoms with E-state index in [1.54, 1.807) is 4.90 Å². The number of hydrogen-bond acceptors (Lipinski definition) is 2. The average molecular weight is 345 g/mol. The van der Waals surface area contributed by atoms with Gasteiger partial charge in [-0.25, -0.2) is 13.6 Å². The van der Waals surface area contributed by atoms with Gasteiger partial charge in [0, 0.05) is 37.9 Å². The lowest BCUT2D eigenvalue weighted by molar-refractivity contribution is 0.208. The Morgan fingerprint density at radius 3 is 2.20 bits per heavy atom. The van der Waals surface area contributed by atoms with Crippen LogP contribution in [-0.4, -0.2) is 37.1 Å². The summed E-state index contributed by atoms with van der Waals surface area (Å²) >= 11 is 0. The predicted octanol–water partition coefficient (Wildman–Crippen LogP) is 3.94. The van der Waals surface area contributed by atoms with Crippen molar-refractivity contribution in [3.05, 3.63) is 59.2 Å². The zero-order valence-corrected chi connectivity index (χ0v) is 14.4. The normalized spacial score (nSPS) is 14.6. The lowest BCUT2D eigenvalue weighted by Gasteiger charge is -2.36. The number of anilines is 2. The fourth-order valence-corrected chi connectivity index (χ4v) is 3.09. The molecule has 0 bridgehead atoms. The van der Waals surface area contributed by atoms with Crippen LogP contribution in [0.2, 0.25) is 0 Å². The van der Waals surface area contributed by atoms with Crippen molar-refractivity contribution in [1.82, 2.24) is 4.90 Å². The molecule has 1 aliphatic rings. The second kappa shape index (κ2) is 7.09. The van der Waals surface area contributed by atoms with E-state index in [9.17, 15) is 13.6 Å². The molecule has 1 aliphatic heterocycles. The van der Waals surface area contributed by atoms with Gasteiger partial charge in [0.1, 0.15) is 11.6 Å². The van der Waals surface area contributed by atoms with Crippen LogP contribution in [0.3, 0.4) is 0 Å². The Labute approximate surface area is 146 Å². The van der Waals surface area contributed by atoms with Crippen LogP contribution in [0.15, 0.2) is 36.4 Å². The summed E-state index contributed by atoms with van der Waals surface area (Å²) in [4.78, 5) is 16.2. The number of piperazine rings is 1. The molecule has 1 saturated heterocycles. The van der Waals surface area contributed by atoms with Crippen LogP contribution >= 0.6 is 0 Å². The molecule has 0 spiro atoms. The molecule has 0 atom stereocenters. The standard InChI is InChI=1S/C19H21F2N3O/c1-13-9-14(2)11-16(10-13)23-5-7-24(8-6-23)19(25)22-18-4-3-15(20)12-17(18)21/h3-4,9-12H,5-8H2,1-2H3,(H,22,25). The van der Waals surface area contributed by atoms with Crippen LogP contribution in [0.1, 0.15) is 11.1 Å². The number of carbonyl (C=O) groups excluding carboxylic acids is 1. The Kier molecular flexibility index (Phi) is 4.88. The Morgan fingerprint density at radius 1 is 0.960 bits per heavy atom. The minimum Gasteiger partial charge on any atom is -0.368 e. The number of nitrogens with zero attached hydrogens (tertiary/aromatic N) is 2. The van der Waals surface area contributed by atoms with Gasteiger partial charge in [-0.05, 0) is 49.2 Å². The first-order valence-corrected chi connectivity index (χ1v) is 8.26. The maximum Gasteiger partial charge on any atom is 0.322 e. The van der Waals surface area contributed by atoms with Gasteiger partial charge < -0.3 is 15.1 Å². The molecule has 1 fully saturated rings. The van der Waals surface area contributed by atoms with E-state index in [-0.39, 0.29) is 11.7 Å². The second-order valence-corrected chi connectivity index (χ2v) is 6.37. The van der Waals surface area contributed by atoms with Gasteiger partial charge >= 0.3 is 6.03 Å². The maximum absolute atomic E-state index is 13.7. The highest BCUT2D eigenvalue weighted by Gasteiger charge is 2.22. The molecule has 0 saturated carbocycles. The molecular weight excluding hydrogens is 324 g/mol. The molecule has 0 aromatic heterocycles. The van der Waals surface area contributed by atoms with Gasteiger partial charge in [-0.3, -0.25) is 0 Å². The van der Waals surface area contributed by atoms with E-state index in [0.29, 0.717) is 26.2 Å². The van der Waals surface area contributed by atoms with Crippen molar-refractivity contribution in [2.45, 2.75) is 13.8 Å². The van der Waals surface area contributed by atoms with E-state index >= 15 is 0 Å². The first-order chi connectivity index (χ1) is 11.9. The Hall–Kier alpha value is -2.63. The number of nitrogens with one attached hydrogen (secondary N) is 1. The fourth-order valence-electron chi connectivity index (χ4n) is 3.09. The molecule has 6 heteroatoms. The highest BCUT2D eigenvalue weighted by molar-refractivity contribution is 5.89. The van der Waals surface area contributed by atoms with E-state index in [1.165, 1.54) is 17.2 Å². The first-order valence-electron chi connectivity index (χ1n) is 8.26. The van der Waals surface area contributed by atoms with Crippen LogP contribution < -0.4 is 10.2 Å². The highest BCUT2D eigenvalue weighted by Crippen LogP contribution is 2.21. The van der Waals surface area contributed by atoms with Crippen LogP contribution in [0.5, 0.6) is 0 Å². The molecule has 4 nitrogen and oxygen atoms in total. The number of aryl methyl sites for hydroxylation is 2. The predicted molar refractivity (Wildman–Crippen MR) is 95.1 cm³/mol. The summed E-state index contributed by atoms with van der Waals surface area (Å²) in [5.41, 5.74) is 3.56. The Balaban J connectivity index is 1.60. The summed E-state index contributed by atoms with van der Waals surface area (Å²) in [5.74, 6) is -1.44. The molecule has 0 unspecified atom stereocenters. The van der Waals surface area contributed by atoms with Gasteiger partial charge in [-0.1, -0.05) is 6.07 Å². The lowest BCUT2D eigenvalue weighted by atomic mass is 10.1. The molecule has 3 rings (SSSR count). The molecular formula is C19H21F2N3O. The van der Waals surface area contributed by atoms with Gasteiger partial charge in [0.25, 0.3) is 0 Å². The molecule has 132 valence electrons. The van der Waals surface area contributed by atoms with Crippen molar-refractivity contribution in [2.75, 3.05) is 36.4 Å². The van der Waals surface area contributed by atoms with Gasteiger partial charge in [0.05, 0.1) is 5.69 Å². The zero-order chi connectivity index (χ0) is 18.0. The minimum atomic E-state index is -0.776. The Bertz CT molecular complexity index is 766. The van der Waals surface area contributed by atoms with Crippen LogP contribution in [0.25, 0.3) is 0 Å². The fraction of sp³-hybridized carbons (Fsp3) is 0.316. The van der Waals surface area contributed by atoms with Crippen molar-refractivity contribution in [3.63, 3.8) is 0 Å². The van der Waals surface area contributed by atoms with E-state index < -0.39 is 11.6 Å². The number of carbonyl (C=O) groups is 1. The molecule has 1 N–H and O–H groups in total. The minimum absolute atomic E-state index is 0.0110. The molecule has 0 aliphatic carbocycles. The van der Waals surface area contributed by atoms with Crippen molar-refractivity contribution in [3.8, 4) is 0 Å². The van der Waals surface area contributed by atoms with Crippen molar-refractivity contribution < 1.29 is 13.6 Å². The van der Waals surface area contributed by atoms with Crippen LogP contribution in [0, 0.1) is 25.5 Å². The summed E-state index contributed by atoms with van der Waals surface area (Å²) in [6.45, 7) is 6.64. The molecule has 2 aromatic rings. The SMILES string of the molecule is Cc1cc(C)cc(N2CCN(C(=O)Nc3ccc(F)cc3F)CC2)c1. The zero-order valence-electron chi connectivity index (χ0n) is 14.4. The maximum atomic E-state index is 13.7. The summed E-state index contributed by atoms with van der Waals surface area (Å²) in [7, 11) is 0.